The van der Waals surface area contributed by atoms with Crippen LogP contribution in [-0.2, 0) is 0 Å². The van der Waals surface area contributed by atoms with Crippen molar-refractivity contribution in [1.29, 1.82) is 0 Å². The topological polar surface area (TPSA) is 26.0 Å². The van der Waals surface area contributed by atoms with Gasteiger partial charge in [-0.3, -0.25) is 0 Å². The second-order valence-corrected chi connectivity index (χ2v) is 4.63. The predicted octanol–water partition coefficient (Wildman–Crippen LogP) is 2.90. The average molecular weight is 189 g/mol. The second kappa shape index (κ2) is 3.74. The number of nitrogens with two attached hydrogens (primary N) is 1. The van der Waals surface area contributed by atoms with Gasteiger partial charge in [-0.2, -0.15) is 0 Å². The lowest BCUT2D eigenvalue weighted by molar-refractivity contribution is 0.672. The van der Waals surface area contributed by atoms with Crippen molar-refractivity contribution in [2.45, 2.75) is 45.1 Å². The van der Waals surface area contributed by atoms with Crippen LogP contribution in [0.25, 0.3) is 0 Å². The zero-order valence-corrected chi connectivity index (χ0v) is 9.09. The van der Waals surface area contributed by atoms with Crippen LogP contribution in [0.1, 0.15) is 41.9 Å². The van der Waals surface area contributed by atoms with E-state index in [-0.39, 0.29) is 0 Å². The minimum Gasteiger partial charge on any atom is -0.328 e. The fraction of sp³-hybridized carbons (Fsp3) is 0.538. The molecule has 76 valence electrons. The summed E-state index contributed by atoms with van der Waals surface area (Å²) in [6.45, 7) is 4.36. The summed E-state index contributed by atoms with van der Waals surface area (Å²) in [5, 5.41) is 0. The summed E-state index contributed by atoms with van der Waals surface area (Å²) in [7, 11) is 0. The van der Waals surface area contributed by atoms with Gasteiger partial charge in [0.1, 0.15) is 0 Å². The molecule has 0 spiro atoms. The first-order valence-electron chi connectivity index (χ1n) is 5.49. The molecular formula is C13H19N. The molecule has 14 heavy (non-hydrogen) atoms. The molecule has 1 fully saturated rings. The molecule has 1 heteroatoms. The molecule has 2 rings (SSSR count). The van der Waals surface area contributed by atoms with Crippen LogP contribution in [0, 0.1) is 13.8 Å². The molecule has 0 heterocycles. The zero-order chi connectivity index (χ0) is 10.1. The van der Waals surface area contributed by atoms with Gasteiger partial charge in [-0.15, -0.1) is 0 Å². The van der Waals surface area contributed by atoms with E-state index in [1.807, 2.05) is 0 Å². The van der Waals surface area contributed by atoms with E-state index in [2.05, 4.69) is 32.0 Å². The molecule has 1 saturated carbocycles. The first kappa shape index (κ1) is 9.72. The minimum atomic E-state index is 0.431. The highest BCUT2D eigenvalue weighted by atomic mass is 14.6. The standard InChI is InChI=1S/C13H19N/c1-9-3-6-13(10(2)7-9)11-4-5-12(14)8-11/h3,6-7,11-12H,4-5,8,14H2,1-2H3. The Labute approximate surface area is 86.3 Å². The average Bonchev–Trinajstić information content (AvgIpc) is 2.51. The summed E-state index contributed by atoms with van der Waals surface area (Å²) in [6.07, 6.45) is 3.63. The van der Waals surface area contributed by atoms with Gasteiger partial charge in [-0.05, 0) is 50.2 Å². The maximum atomic E-state index is 5.94. The first-order chi connectivity index (χ1) is 6.66. The Bertz CT molecular complexity index is 330. The van der Waals surface area contributed by atoms with Crippen molar-refractivity contribution in [2.75, 3.05) is 0 Å². The van der Waals surface area contributed by atoms with Crippen LogP contribution in [0.3, 0.4) is 0 Å². The fourth-order valence-electron chi connectivity index (χ4n) is 2.58. The zero-order valence-electron chi connectivity index (χ0n) is 9.09. The van der Waals surface area contributed by atoms with Crippen molar-refractivity contribution in [2.24, 2.45) is 5.73 Å². The van der Waals surface area contributed by atoms with E-state index in [1.54, 1.807) is 0 Å². The summed E-state index contributed by atoms with van der Waals surface area (Å²) in [4.78, 5) is 0. The molecule has 1 nitrogen and oxygen atoms in total. The van der Waals surface area contributed by atoms with E-state index in [1.165, 1.54) is 36.0 Å². The van der Waals surface area contributed by atoms with E-state index < -0.39 is 0 Å². The van der Waals surface area contributed by atoms with E-state index in [0.717, 1.165) is 0 Å². The summed E-state index contributed by atoms with van der Waals surface area (Å²) >= 11 is 0. The van der Waals surface area contributed by atoms with Gasteiger partial charge in [-0.25, -0.2) is 0 Å². The van der Waals surface area contributed by atoms with Gasteiger partial charge >= 0.3 is 0 Å². The van der Waals surface area contributed by atoms with Crippen LogP contribution in [-0.4, -0.2) is 6.04 Å². The molecule has 1 aliphatic rings. The lowest BCUT2D eigenvalue weighted by Crippen LogP contribution is -2.14. The molecule has 0 aromatic heterocycles. The quantitative estimate of drug-likeness (QED) is 0.722. The Hall–Kier alpha value is -0.820. The molecular weight excluding hydrogens is 170 g/mol. The lowest BCUT2D eigenvalue weighted by atomic mass is 9.92. The molecule has 0 aliphatic heterocycles. The van der Waals surface area contributed by atoms with Gasteiger partial charge in [-0.1, -0.05) is 23.8 Å². The van der Waals surface area contributed by atoms with Crippen molar-refractivity contribution in [3.05, 3.63) is 34.9 Å². The van der Waals surface area contributed by atoms with Crippen LogP contribution in [0.4, 0.5) is 0 Å². The van der Waals surface area contributed by atoms with Gasteiger partial charge in [0.15, 0.2) is 0 Å². The van der Waals surface area contributed by atoms with Crippen LogP contribution >= 0.6 is 0 Å². The Balaban J connectivity index is 2.24. The van der Waals surface area contributed by atoms with Gasteiger partial charge in [0.2, 0.25) is 0 Å². The highest BCUT2D eigenvalue weighted by Crippen LogP contribution is 2.35. The van der Waals surface area contributed by atoms with Crippen LogP contribution in [0.15, 0.2) is 18.2 Å². The van der Waals surface area contributed by atoms with E-state index in [4.69, 9.17) is 5.73 Å². The molecule has 1 aromatic carbocycles. The number of rotatable bonds is 1. The molecule has 0 amide bonds. The molecule has 1 aliphatic carbocycles. The lowest BCUT2D eigenvalue weighted by Gasteiger charge is -2.13. The summed E-state index contributed by atoms with van der Waals surface area (Å²) in [5.41, 5.74) is 10.2. The summed E-state index contributed by atoms with van der Waals surface area (Å²) in [6, 6.07) is 7.21. The molecule has 2 atom stereocenters. The van der Waals surface area contributed by atoms with Gasteiger partial charge in [0, 0.05) is 6.04 Å². The Kier molecular flexibility index (Phi) is 2.60. The predicted molar refractivity (Wildman–Crippen MR) is 60.5 cm³/mol. The fourth-order valence-corrected chi connectivity index (χ4v) is 2.58. The third-order valence-electron chi connectivity index (χ3n) is 3.34. The largest absolute Gasteiger partial charge is 0.328 e. The number of benzene rings is 1. The summed E-state index contributed by atoms with van der Waals surface area (Å²) in [5.74, 6) is 0.714. The Morgan fingerprint density at radius 1 is 1.21 bits per heavy atom. The van der Waals surface area contributed by atoms with Gasteiger partial charge < -0.3 is 5.73 Å². The third-order valence-corrected chi connectivity index (χ3v) is 3.34. The Morgan fingerprint density at radius 2 is 2.00 bits per heavy atom. The maximum absolute atomic E-state index is 5.94. The monoisotopic (exact) mass is 189 g/mol. The molecule has 0 radical (unpaired) electrons. The number of aryl methyl sites for hydroxylation is 2. The normalized spacial score (nSPS) is 26.8. The van der Waals surface area contributed by atoms with Crippen LogP contribution in [0.5, 0.6) is 0 Å². The van der Waals surface area contributed by atoms with Gasteiger partial charge in [0.05, 0.1) is 0 Å². The van der Waals surface area contributed by atoms with E-state index in [9.17, 15) is 0 Å². The van der Waals surface area contributed by atoms with Crippen LogP contribution in [0.2, 0.25) is 0 Å². The first-order valence-corrected chi connectivity index (χ1v) is 5.49. The van der Waals surface area contributed by atoms with Gasteiger partial charge in [0.25, 0.3) is 0 Å². The summed E-state index contributed by atoms with van der Waals surface area (Å²) < 4.78 is 0. The van der Waals surface area contributed by atoms with Crippen LogP contribution < -0.4 is 5.73 Å². The SMILES string of the molecule is Cc1ccc(C2CCC(N)C2)c(C)c1. The van der Waals surface area contributed by atoms with E-state index in [0.29, 0.717) is 12.0 Å². The van der Waals surface area contributed by atoms with Crippen molar-refractivity contribution in [3.8, 4) is 0 Å². The minimum absolute atomic E-state index is 0.431. The van der Waals surface area contributed by atoms with Crippen molar-refractivity contribution >= 4 is 0 Å². The number of hydrogen-bond acceptors (Lipinski definition) is 1. The van der Waals surface area contributed by atoms with Crippen molar-refractivity contribution < 1.29 is 0 Å². The van der Waals surface area contributed by atoms with E-state index >= 15 is 0 Å². The number of hydrogen-bond donors (Lipinski definition) is 1. The Morgan fingerprint density at radius 3 is 2.57 bits per heavy atom. The van der Waals surface area contributed by atoms with Crippen molar-refractivity contribution in [3.63, 3.8) is 0 Å². The highest BCUT2D eigenvalue weighted by Gasteiger charge is 2.23. The second-order valence-electron chi connectivity index (χ2n) is 4.63. The molecule has 0 saturated heterocycles. The maximum Gasteiger partial charge on any atom is 0.00448 e. The third kappa shape index (κ3) is 1.83. The molecule has 2 N–H and O–H groups in total. The smallest absolute Gasteiger partial charge is 0.00448 e. The molecule has 2 unspecified atom stereocenters. The molecule has 1 aromatic rings. The highest BCUT2D eigenvalue weighted by molar-refractivity contribution is 5.33. The molecule has 0 bridgehead atoms. The van der Waals surface area contributed by atoms with Crippen molar-refractivity contribution in [1.82, 2.24) is 0 Å².